The van der Waals surface area contributed by atoms with Crippen molar-refractivity contribution in [3.05, 3.63) is 59.7 Å². The molecule has 0 aromatic heterocycles. The molecule has 146 valence electrons. The highest BCUT2D eigenvalue weighted by Crippen LogP contribution is 2.37. The molecule has 0 aliphatic carbocycles. The number of nitrogens with one attached hydrogen (secondary N) is 1. The van der Waals surface area contributed by atoms with Gasteiger partial charge in [0.15, 0.2) is 0 Å². The van der Waals surface area contributed by atoms with Crippen molar-refractivity contribution in [1.29, 1.82) is 0 Å². The van der Waals surface area contributed by atoms with E-state index in [9.17, 15) is 9.59 Å². The van der Waals surface area contributed by atoms with E-state index in [2.05, 4.69) is 17.1 Å². The maximum absolute atomic E-state index is 12.9. The van der Waals surface area contributed by atoms with Crippen LogP contribution in [0.5, 0.6) is 5.75 Å². The van der Waals surface area contributed by atoms with E-state index in [0.717, 1.165) is 18.0 Å². The van der Waals surface area contributed by atoms with E-state index >= 15 is 0 Å². The Balaban J connectivity index is 1.52. The monoisotopic (exact) mass is 379 g/mol. The molecule has 0 saturated carbocycles. The van der Waals surface area contributed by atoms with Gasteiger partial charge < -0.3 is 19.9 Å². The normalized spacial score (nSPS) is 17.9. The average molecular weight is 379 g/mol. The minimum absolute atomic E-state index is 0.0167. The Morgan fingerprint density at radius 2 is 1.79 bits per heavy atom. The van der Waals surface area contributed by atoms with Gasteiger partial charge in [-0.15, -0.1) is 0 Å². The van der Waals surface area contributed by atoms with Gasteiger partial charge in [0, 0.05) is 38.0 Å². The number of hydrogen-bond acceptors (Lipinski definition) is 4. The van der Waals surface area contributed by atoms with Crippen LogP contribution in [0.15, 0.2) is 48.5 Å². The number of ether oxygens (including phenoxy) is 1. The first-order valence-corrected chi connectivity index (χ1v) is 9.70. The van der Waals surface area contributed by atoms with Crippen LogP contribution in [-0.2, 0) is 0 Å². The number of para-hydroxylation sites is 1. The van der Waals surface area contributed by atoms with Crippen molar-refractivity contribution in [2.75, 3.05) is 31.6 Å². The van der Waals surface area contributed by atoms with Crippen LogP contribution in [0.2, 0.25) is 0 Å². The third kappa shape index (κ3) is 2.99. The molecule has 1 saturated heterocycles. The number of nitrogens with zero attached hydrogens (tertiary/aromatic N) is 2. The molecule has 2 heterocycles. The zero-order valence-electron chi connectivity index (χ0n) is 16.3. The van der Waals surface area contributed by atoms with Crippen molar-refractivity contribution >= 4 is 17.5 Å². The number of piperidine rings is 1. The van der Waals surface area contributed by atoms with E-state index in [1.165, 1.54) is 0 Å². The number of methoxy groups -OCH3 is 1. The molecule has 1 spiro atoms. The summed E-state index contributed by atoms with van der Waals surface area (Å²) in [6.45, 7) is 4.10. The highest BCUT2D eigenvalue weighted by atomic mass is 16.5. The van der Waals surface area contributed by atoms with Gasteiger partial charge in [-0.05, 0) is 43.3 Å². The number of amides is 2. The summed E-state index contributed by atoms with van der Waals surface area (Å²) in [6, 6.07) is 14.9. The molecule has 1 N–H and O–H groups in total. The second-order valence-electron chi connectivity index (χ2n) is 7.27. The summed E-state index contributed by atoms with van der Waals surface area (Å²) in [5.74, 6) is 0.717. The Bertz CT molecular complexity index is 886. The molecule has 1 fully saturated rings. The van der Waals surface area contributed by atoms with Crippen molar-refractivity contribution in [2.45, 2.75) is 25.4 Å². The molecule has 0 radical (unpaired) electrons. The van der Waals surface area contributed by atoms with Gasteiger partial charge in [-0.3, -0.25) is 9.59 Å². The molecule has 2 aliphatic rings. The average Bonchev–Trinajstić information content (AvgIpc) is 2.74. The number of anilines is 1. The first-order valence-electron chi connectivity index (χ1n) is 9.70. The Kier molecular flexibility index (Phi) is 4.71. The molecule has 0 atom stereocenters. The third-order valence-corrected chi connectivity index (χ3v) is 5.83. The molecule has 6 heteroatoms. The van der Waals surface area contributed by atoms with E-state index in [-0.39, 0.29) is 11.8 Å². The largest absolute Gasteiger partial charge is 0.497 e. The smallest absolute Gasteiger partial charge is 0.255 e. The lowest BCUT2D eigenvalue weighted by Gasteiger charge is -2.52. The van der Waals surface area contributed by atoms with Crippen molar-refractivity contribution < 1.29 is 14.3 Å². The summed E-state index contributed by atoms with van der Waals surface area (Å²) < 4.78 is 5.16. The van der Waals surface area contributed by atoms with Gasteiger partial charge in [0.2, 0.25) is 0 Å². The maximum Gasteiger partial charge on any atom is 0.255 e. The number of carbonyl (C=O) groups excluding carboxylic acids is 2. The van der Waals surface area contributed by atoms with Crippen LogP contribution in [0.25, 0.3) is 0 Å². The van der Waals surface area contributed by atoms with Gasteiger partial charge in [-0.2, -0.15) is 0 Å². The van der Waals surface area contributed by atoms with Gasteiger partial charge in [-0.25, -0.2) is 0 Å². The Labute approximate surface area is 165 Å². The SMILES string of the molecule is CCN1c2ccccc2C(=O)NC12CCN(C(=O)c1ccc(OC)cc1)CC2. The van der Waals surface area contributed by atoms with Crippen LogP contribution in [0.3, 0.4) is 0 Å². The minimum atomic E-state index is -0.434. The number of rotatable bonds is 3. The Hall–Kier alpha value is -3.02. The lowest BCUT2D eigenvalue weighted by molar-refractivity contribution is 0.0603. The first-order chi connectivity index (χ1) is 13.6. The predicted molar refractivity (Wildman–Crippen MR) is 108 cm³/mol. The molecule has 0 unspecified atom stereocenters. The van der Waals surface area contributed by atoms with Gasteiger partial charge in [-0.1, -0.05) is 12.1 Å². The molecular weight excluding hydrogens is 354 g/mol. The van der Waals surface area contributed by atoms with Crippen LogP contribution in [0.4, 0.5) is 5.69 Å². The zero-order valence-corrected chi connectivity index (χ0v) is 16.3. The van der Waals surface area contributed by atoms with E-state index in [0.29, 0.717) is 37.1 Å². The second-order valence-corrected chi connectivity index (χ2v) is 7.27. The summed E-state index contributed by atoms with van der Waals surface area (Å²) in [5, 5.41) is 3.24. The van der Waals surface area contributed by atoms with Crippen molar-refractivity contribution in [1.82, 2.24) is 10.2 Å². The van der Waals surface area contributed by atoms with Crippen molar-refractivity contribution in [2.24, 2.45) is 0 Å². The highest BCUT2D eigenvalue weighted by Gasteiger charge is 2.45. The van der Waals surface area contributed by atoms with E-state index < -0.39 is 5.66 Å². The Morgan fingerprint density at radius 3 is 2.43 bits per heavy atom. The predicted octanol–water partition coefficient (Wildman–Crippen LogP) is 2.90. The first kappa shape index (κ1) is 18.3. The molecule has 28 heavy (non-hydrogen) atoms. The van der Waals surface area contributed by atoms with Crippen LogP contribution in [0, 0.1) is 0 Å². The van der Waals surface area contributed by atoms with Gasteiger partial charge >= 0.3 is 0 Å². The molecule has 0 bridgehead atoms. The molecule has 2 aromatic rings. The maximum atomic E-state index is 12.9. The van der Waals surface area contributed by atoms with Gasteiger partial charge in [0.05, 0.1) is 18.4 Å². The minimum Gasteiger partial charge on any atom is -0.497 e. The quantitative estimate of drug-likeness (QED) is 0.891. The van der Waals surface area contributed by atoms with Crippen molar-refractivity contribution in [3.8, 4) is 5.75 Å². The van der Waals surface area contributed by atoms with E-state index in [1.54, 1.807) is 31.4 Å². The fourth-order valence-electron chi connectivity index (χ4n) is 4.34. The molecule has 6 nitrogen and oxygen atoms in total. The Morgan fingerprint density at radius 1 is 1.11 bits per heavy atom. The van der Waals surface area contributed by atoms with Crippen LogP contribution >= 0.6 is 0 Å². The fourth-order valence-corrected chi connectivity index (χ4v) is 4.34. The molecule has 2 amide bonds. The van der Waals surface area contributed by atoms with Crippen LogP contribution in [-0.4, -0.2) is 49.1 Å². The number of likely N-dealkylation sites (tertiary alicyclic amines) is 1. The molecular formula is C22H25N3O3. The number of fused-ring (bicyclic) bond motifs is 1. The standard InChI is InChI=1S/C22H25N3O3/c1-3-25-19-7-5-4-6-18(19)20(26)23-22(25)12-14-24(15-13-22)21(27)16-8-10-17(28-2)11-9-16/h4-11H,3,12-15H2,1-2H3,(H,23,26). The summed E-state index contributed by atoms with van der Waals surface area (Å²) in [7, 11) is 1.61. The van der Waals surface area contributed by atoms with Crippen molar-refractivity contribution in [3.63, 3.8) is 0 Å². The summed E-state index contributed by atoms with van der Waals surface area (Å²) >= 11 is 0. The summed E-state index contributed by atoms with van der Waals surface area (Å²) in [5.41, 5.74) is 1.91. The second kappa shape index (κ2) is 7.19. The molecule has 4 rings (SSSR count). The summed E-state index contributed by atoms with van der Waals surface area (Å²) in [4.78, 5) is 29.7. The number of carbonyl (C=O) groups is 2. The van der Waals surface area contributed by atoms with Crippen LogP contribution < -0.4 is 15.0 Å². The highest BCUT2D eigenvalue weighted by molar-refractivity contribution is 6.02. The van der Waals surface area contributed by atoms with E-state index in [4.69, 9.17) is 4.74 Å². The zero-order chi connectivity index (χ0) is 19.7. The van der Waals surface area contributed by atoms with E-state index in [1.807, 2.05) is 29.2 Å². The molecule has 2 aromatic carbocycles. The third-order valence-electron chi connectivity index (χ3n) is 5.83. The lowest BCUT2D eigenvalue weighted by atomic mass is 9.89. The summed E-state index contributed by atoms with van der Waals surface area (Å²) in [6.07, 6.45) is 1.39. The van der Waals surface area contributed by atoms with Gasteiger partial charge in [0.1, 0.15) is 11.4 Å². The fraction of sp³-hybridized carbons (Fsp3) is 0.364. The number of hydrogen-bond donors (Lipinski definition) is 1. The topological polar surface area (TPSA) is 61.9 Å². The number of benzene rings is 2. The van der Waals surface area contributed by atoms with Crippen LogP contribution in [0.1, 0.15) is 40.5 Å². The van der Waals surface area contributed by atoms with Gasteiger partial charge in [0.25, 0.3) is 11.8 Å². The molecule has 2 aliphatic heterocycles. The lowest BCUT2D eigenvalue weighted by Crippen LogP contribution is -2.68.